The molecule has 2 aromatic rings. The second-order valence-corrected chi connectivity index (χ2v) is 13.6. The van der Waals surface area contributed by atoms with Crippen molar-refractivity contribution in [3.05, 3.63) is 29.6 Å². The fourth-order valence-electron chi connectivity index (χ4n) is 7.31. The molecule has 6 N–H and O–H groups in total. The van der Waals surface area contributed by atoms with Gasteiger partial charge in [-0.1, -0.05) is 26.2 Å². The second kappa shape index (κ2) is 19.0. The number of nitrogens with one attached hydrogen (secondary N) is 3. The number of piperidine rings is 1. The Labute approximate surface area is 296 Å². The normalized spacial score (nSPS) is 18.2. The summed E-state index contributed by atoms with van der Waals surface area (Å²) in [6.07, 6.45) is 10.4. The van der Waals surface area contributed by atoms with Gasteiger partial charge in [0.15, 0.2) is 17.3 Å². The van der Waals surface area contributed by atoms with E-state index in [0.717, 1.165) is 108 Å². The molecule has 0 spiro atoms. The minimum Gasteiger partial charge on any atom is -0.495 e. The molecule has 14 nitrogen and oxygen atoms in total. The number of ether oxygens (including phenoxy) is 2. The third-order valence-corrected chi connectivity index (χ3v) is 10.3. The fourth-order valence-corrected chi connectivity index (χ4v) is 7.31. The van der Waals surface area contributed by atoms with Crippen LogP contribution in [-0.4, -0.2) is 115 Å². The number of primary amides is 1. The summed E-state index contributed by atoms with van der Waals surface area (Å²) in [6, 6.07) is 6.84. The molecule has 0 saturated carbocycles. The topological polar surface area (TPSA) is 170 Å². The molecule has 0 radical (unpaired) electrons. The van der Waals surface area contributed by atoms with E-state index in [1.165, 1.54) is 12.8 Å². The van der Waals surface area contributed by atoms with E-state index in [4.69, 9.17) is 25.4 Å². The van der Waals surface area contributed by atoms with Crippen molar-refractivity contribution in [1.82, 2.24) is 25.2 Å². The van der Waals surface area contributed by atoms with Gasteiger partial charge in [-0.25, -0.2) is 15.4 Å². The van der Waals surface area contributed by atoms with Crippen molar-refractivity contribution < 1.29 is 24.3 Å². The van der Waals surface area contributed by atoms with Crippen molar-refractivity contribution in [2.75, 3.05) is 81.7 Å². The van der Waals surface area contributed by atoms with Crippen LogP contribution < -0.4 is 31.5 Å². The van der Waals surface area contributed by atoms with Crippen LogP contribution in [-0.2, 0) is 16.0 Å². The number of unbranched alkanes of at least 4 members (excludes halogenated alkanes) is 4. The Hall–Kier alpha value is -3.72. The maximum absolute atomic E-state index is 12.4. The fraction of sp³-hybridized carbons (Fsp3) is 0.667. The zero-order valence-corrected chi connectivity index (χ0v) is 29.9. The number of hydrogen-bond donors (Lipinski definition) is 5. The van der Waals surface area contributed by atoms with Crippen LogP contribution in [0.1, 0.15) is 87.3 Å². The number of piperazine rings is 1. The number of methoxy groups -OCH3 is 1. The largest absolute Gasteiger partial charge is 0.495 e. The van der Waals surface area contributed by atoms with Gasteiger partial charge in [0.1, 0.15) is 5.75 Å². The van der Waals surface area contributed by atoms with Crippen molar-refractivity contribution in [2.45, 2.75) is 89.6 Å². The first kappa shape index (κ1) is 37.5. The third-order valence-electron chi connectivity index (χ3n) is 10.3. The Bertz CT molecular complexity index is 1390. The van der Waals surface area contributed by atoms with Crippen molar-refractivity contribution in [3.8, 4) is 5.75 Å². The molecule has 0 bridgehead atoms. The van der Waals surface area contributed by atoms with E-state index in [-0.39, 0.29) is 17.6 Å². The van der Waals surface area contributed by atoms with E-state index in [0.29, 0.717) is 49.4 Å². The molecule has 50 heavy (non-hydrogen) atoms. The van der Waals surface area contributed by atoms with E-state index in [1.807, 2.05) is 19.1 Å². The summed E-state index contributed by atoms with van der Waals surface area (Å²) in [4.78, 5) is 40.6. The summed E-state index contributed by atoms with van der Waals surface area (Å²) in [6.45, 7) is 10.9. The van der Waals surface area contributed by atoms with E-state index >= 15 is 0 Å². The molecule has 2 amide bonds. The van der Waals surface area contributed by atoms with E-state index in [2.05, 4.69) is 36.4 Å². The number of nitrogens with zero attached hydrogens (tertiary/aromatic N) is 5. The van der Waals surface area contributed by atoms with Crippen LogP contribution in [0.3, 0.4) is 0 Å². The zero-order chi connectivity index (χ0) is 35.3. The number of hydroxylamine groups is 1. The van der Waals surface area contributed by atoms with Gasteiger partial charge in [0.2, 0.25) is 5.91 Å². The molecule has 0 atom stereocenters. The number of carbonyl (C=O) groups is 2. The SMILES string of the molecule is CCc1nc(C(N)=O)c(Nc2ccc(N3CCC(N4CCN(CCCCCCCC(=O)NO)CC4)CC3)c(OC)c2)nc1NC1CCOCC1. The Morgan fingerprint density at radius 3 is 2.36 bits per heavy atom. The zero-order valence-electron chi connectivity index (χ0n) is 29.9. The average molecular weight is 696 g/mol. The minimum absolute atomic E-state index is 0.115. The Morgan fingerprint density at radius 2 is 1.68 bits per heavy atom. The van der Waals surface area contributed by atoms with Gasteiger partial charge in [-0.15, -0.1) is 0 Å². The lowest BCUT2D eigenvalue weighted by Crippen LogP contribution is -2.53. The molecule has 3 aliphatic rings. The first-order valence-electron chi connectivity index (χ1n) is 18.5. The minimum atomic E-state index is -0.629. The van der Waals surface area contributed by atoms with Crippen molar-refractivity contribution in [3.63, 3.8) is 0 Å². The van der Waals surface area contributed by atoms with Gasteiger partial charge in [0.25, 0.3) is 5.91 Å². The number of aryl methyl sites for hydroxylation is 1. The van der Waals surface area contributed by atoms with Crippen LogP contribution in [0.5, 0.6) is 5.75 Å². The number of amides is 2. The van der Waals surface area contributed by atoms with Crippen LogP contribution in [0.2, 0.25) is 0 Å². The molecule has 14 heteroatoms. The smallest absolute Gasteiger partial charge is 0.271 e. The summed E-state index contributed by atoms with van der Waals surface area (Å²) < 4.78 is 11.4. The highest BCUT2D eigenvalue weighted by Crippen LogP contribution is 2.35. The molecule has 3 fully saturated rings. The standard InChI is InChI=1S/C36H57N9O5/c1-3-29-35(38-26-14-23-50-24-15-26)41-36(33(40-29)34(37)47)39-27-10-11-30(31(25-27)49-2)45-17-12-28(13-18-45)44-21-19-43(20-22-44)16-8-6-4-5-7-9-32(46)42-48/h10-11,25-26,28,48H,3-9,12-24H2,1-2H3,(H2,37,47)(H,42,46)(H2,38,39,41). The number of benzene rings is 1. The number of carbonyl (C=O) groups excluding carboxylic acids is 2. The Kier molecular flexibility index (Phi) is 14.3. The maximum atomic E-state index is 12.4. The van der Waals surface area contributed by atoms with Crippen LogP contribution in [0.4, 0.5) is 23.0 Å². The van der Waals surface area contributed by atoms with E-state index in [1.54, 1.807) is 12.6 Å². The summed E-state index contributed by atoms with van der Waals surface area (Å²) in [7, 11) is 1.69. The monoisotopic (exact) mass is 695 g/mol. The van der Waals surface area contributed by atoms with Crippen molar-refractivity contribution in [2.24, 2.45) is 5.73 Å². The number of aromatic nitrogens is 2. The summed E-state index contributed by atoms with van der Waals surface area (Å²) >= 11 is 0. The van der Waals surface area contributed by atoms with Gasteiger partial charge in [-0.3, -0.25) is 19.7 Å². The molecule has 3 aliphatic heterocycles. The van der Waals surface area contributed by atoms with Gasteiger partial charge < -0.3 is 35.6 Å². The average Bonchev–Trinajstić information content (AvgIpc) is 3.15. The van der Waals surface area contributed by atoms with Crippen molar-refractivity contribution in [1.29, 1.82) is 0 Å². The number of rotatable bonds is 17. The van der Waals surface area contributed by atoms with Gasteiger partial charge >= 0.3 is 0 Å². The molecule has 1 aromatic heterocycles. The second-order valence-electron chi connectivity index (χ2n) is 13.6. The highest BCUT2D eigenvalue weighted by Gasteiger charge is 2.29. The Balaban J connectivity index is 1.11. The number of hydrogen-bond acceptors (Lipinski definition) is 12. The highest BCUT2D eigenvalue weighted by molar-refractivity contribution is 5.96. The Morgan fingerprint density at radius 1 is 0.960 bits per heavy atom. The number of anilines is 4. The molecule has 5 rings (SSSR count). The lowest BCUT2D eigenvalue weighted by atomic mass is 10.0. The highest BCUT2D eigenvalue weighted by atomic mass is 16.5. The molecule has 1 aromatic carbocycles. The van der Waals surface area contributed by atoms with Gasteiger partial charge in [-0.05, 0) is 63.6 Å². The van der Waals surface area contributed by atoms with E-state index < -0.39 is 5.91 Å². The van der Waals surface area contributed by atoms with Gasteiger partial charge in [0, 0.05) is 82.7 Å². The third kappa shape index (κ3) is 10.4. The lowest BCUT2D eigenvalue weighted by molar-refractivity contribution is -0.129. The van der Waals surface area contributed by atoms with Crippen molar-refractivity contribution >= 4 is 34.8 Å². The summed E-state index contributed by atoms with van der Waals surface area (Å²) in [5, 5.41) is 15.4. The molecule has 3 saturated heterocycles. The lowest BCUT2D eigenvalue weighted by Gasteiger charge is -2.43. The number of nitrogens with two attached hydrogens (primary N) is 1. The molecule has 276 valence electrons. The molecular weight excluding hydrogens is 638 g/mol. The molecule has 4 heterocycles. The van der Waals surface area contributed by atoms with Crippen LogP contribution >= 0.6 is 0 Å². The van der Waals surface area contributed by atoms with Crippen LogP contribution in [0, 0.1) is 0 Å². The molecule has 0 aliphatic carbocycles. The van der Waals surface area contributed by atoms with Crippen LogP contribution in [0.15, 0.2) is 18.2 Å². The predicted molar refractivity (Wildman–Crippen MR) is 195 cm³/mol. The molecule has 0 unspecified atom stereocenters. The predicted octanol–water partition coefficient (Wildman–Crippen LogP) is 3.91. The molecular formula is C36H57N9O5. The first-order valence-corrected chi connectivity index (χ1v) is 18.5. The van der Waals surface area contributed by atoms with Gasteiger partial charge in [-0.2, -0.15) is 0 Å². The van der Waals surface area contributed by atoms with Gasteiger partial charge in [0.05, 0.1) is 18.5 Å². The summed E-state index contributed by atoms with van der Waals surface area (Å²) in [5.41, 5.74) is 10.1. The van der Waals surface area contributed by atoms with E-state index in [9.17, 15) is 9.59 Å². The van der Waals surface area contributed by atoms with Crippen LogP contribution in [0.25, 0.3) is 0 Å². The summed E-state index contributed by atoms with van der Waals surface area (Å²) in [5.74, 6) is 0.821. The first-order chi connectivity index (χ1) is 24.4. The maximum Gasteiger partial charge on any atom is 0.271 e. The quantitative estimate of drug-likeness (QED) is 0.0920.